The molecule has 4 fully saturated rings. The minimum atomic E-state index is -0.0863. The van der Waals surface area contributed by atoms with Gasteiger partial charge in [0.1, 0.15) is 5.15 Å². The van der Waals surface area contributed by atoms with Crippen molar-refractivity contribution in [1.82, 2.24) is 30.4 Å². The topological polar surface area (TPSA) is 90.5 Å². The Balaban J connectivity index is 1.02. The van der Waals surface area contributed by atoms with Gasteiger partial charge >= 0.3 is 0 Å². The molecule has 2 aromatic carbocycles. The van der Waals surface area contributed by atoms with Crippen LogP contribution in [0.1, 0.15) is 48.1 Å². The summed E-state index contributed by atoms with van der Waals surface area (Å²) >= 11 is 28.0. The Morgan fingerprint density at radius 2 is 1.16 bits per heavy atom. The summed E-state index contributed by atoms with van der Waals surface area (Å²) in [5, 5.41) is 8.39. The third kappa shape index (κ3) is 6.08. The normalized spacial score (nSPS) is 19.5. The van der Waals surface area contributed by atoms with E-state index in [0.29, 0.717) is 57.5 Å². The fourth-order valence-corrected chi connectivity index (χ4v) is 9.41. The van der Waals surface area contributed by atoms with E-state index in [1.54, 1.807) is 0 Å². The second-order valence-electron chi connectivity index (χ2n) is 14.4. The molecule has 2 amide bonds. The molecule has 0 atom stereocenters. The van der Waals surface area contributed by atoms with E-state index in [4.69, 9.17) is 56.4 Å². The van der Waals surface area contributed by atoms with E-state index in [2.05, 4.69) is 20.4 Å². The number of amides is 2. The van der Waals surface area contributed by atoms with Gasteiger partial charge in [0.25, 0.3) is 0 Å². The number of pyridine rings is 2. The van der Waals surface area contributed by atoms with Gasteiger partial charge in [0, 0.05) is 96.2 Å². The van der Waals surface area contributed by atoms with Crippen LogP contribution in [-0.4, -0.2) is 68.8 Å². The van der Waals surface area contributed by atoms with Gasteiger partial charge in [0.15, 0.2) is 0 Å². The fraction of sp³-hybridized carbons (Fsp3) is 0.368. The van der Waals surface area contributed by atoms with Crippen LogP contribution in [0.4, 0.5) is 0 Å². The average Bonchev–Trinajstić information content (AvgIpc) is 3.63. The van der Waals surface area contributed by atoms with Crippen molar-refractivity contribution in [3.63, 3.8) is 0 Å². The number of nitrogens with zero attached hydrogens (tertiary/aromatic N) is 4. The number of halogens is 4. The molecule has 4 aliphatic heterocycles. The molecule has 2 spiro atoms. The highest BCUT2D eigenvalue weighted by Crippen LogP contribution is 2.43. The number of carbonyl (C=O) groups excluding carboxylic acids is 2. The summed E-state index contributed by atoms with van der Waals surface area (Å²) < 4.78 is 0. The molecule has 4 saturated heterocycles. The zero-order valence-corrected chi connectivity index (χ0v) is 30.8. The fourth-order valence-electron chi connectivity index (χ4n) is 8.16. The minimum absolute atomic E-state index is 0.0863. The summed E-state index contributed by atoms with van der Waals surface area (Å²) in [6.07, 6.45) is 2.96. The Morgan fingerprint density at radius 3 is 1.62 bits per heavy atom. The van der Waals surface area contributed by atoms with Crippen LogP contribution in [0.3, 0.4) is 0 Å². The molecule has 0 saturated carbocycles. The highest BCUT2D eigenvalue weighted by Gasteiger charge is 2.48. The SMILES string of the molecule is Cc1cc(-c2cccc(-c3cccc(-c4cc(Cl)c(CN5CC6(CCC(=O)N6)C5)c(C)n4)c3Cl)c2Cl)nc(Cl)c1CN1CC2(CCC(=O)N2)C1. The van der Waals surface area contributed by atoms with Crippen LogP contribution in [0.2, 0.25) is 20.2 Å². The molecule has 258 valence electrons. The lowest BCUT2D eigenvalue weighted by atomic mass is 9.88. The van der Waals surface area contributed by atoms with Crippen molar-refractivity contribution in [1.29, 1.82) is 0 Å². The van der Waals surface area contributed by atoms with Crippen LogP contribution in [0, 0.1) is 13.8 Å². The lowest BCUT2D eigenvalue weighted by Crippen LogP contribution is -2.66. The van der Waals surface area contributed by atoms with Crippen LogP contribution in [0.25, 0.3) is 33.6 Å². The molecule has 2 aromatic heterocycles. The number of benzene rings is 2. The quantitative estimate of drug-likeness (QED) is 0.189. The van der Waals surface area contributed by atoms with E-state index in [9.17, 15) is 9.59 Å². The second-order valence-corrected chi connectivity index (χ2v) is 15.9. The van der Waals surface area contributed by atoms with Gasteiger partial charge in [0.2, 0.25) is 11.8 Å². The summed E-state index contributed by atoms with van der Waals surface area (Å²) in [5.41, 5.74) is 8.05. The third-order valence-electron chi connectivity index (χ3n) is 10.8. The summed E-state index contributed by atoms with van der Waals surface area (Å²) in [5.74, 6) is 0.271. The molecule has 6 heterocycles. The molecular weight excluding hydrogens is 714 g/mol. The van der Waals surface area contributed by atoms with Gasteiger partial charge in [-0.05, 0) is 44.4 Å². The zero-order valence-electron chi connectivity index (χ0n) is 27.8. The standard InChI is InChI=1S/C38H36Cl4N6O2/c1-21-13-30(44-36(42)27(21)15-47-17-37(18-47)11-9-32(49)45-37)25-7-3-5-23(34(25)40)24-6-4-8-26(35(24)41)31-14-29(39)28(22(2)43-31)16-48-19-38(20-48)12-10-33(50)46-38/h3-8,13-14H,9-12,15-20H2,1-2H3,(H,45,49)(H,46,50). The highest BCUT2D eigenvalue weighted by molar-refractivity contribution is 6.39. The van der Waals surface area contributed by atoms with Gasteiger partial charge in [-0.15, -0.1) is 0 Å². The van der Waals surface area contributed by atoms with E-state index in [1.807, 2.05) is 62.4 Å². The molecule has 0 bridgehead atoms. The Hall–Kier alpha value is -3.24. The van der Waals surface area contributed by atoms with Crippen LogP contribution in [-0.2, 0) is 22.7 Å². The largest absolute Gasteiger partial charge is 0.348 e. The number of aryl methyl sites for hydroxylation is 2. The van der Waals surface area contributed by atoms with E-state index in [-0.39, 0.29) is 22.9 Å². The van der Waals surface area contributed by atoms with Gasteiger partial charge in [-0.2, -0.15) is 0 Å². The molecule has 4 aromatic rings. The van der Waals surface area contributed by atoms with Gasteiger partial charge in [-0.3, -0.25) is 24.4 Å². The predicted molar refractivity (Wildman–Crippen MR) is 199 cm³/mol. The number of nitrogens with one attached hydrogen (secondary N) is 2. The number of likely N-dealkylation sites (tertiary alicyclic amines) is 2. The first-order chi connectivity index (χ1) is 23.9. The van der Waals surface area contributed by atoms with Crippen molar-refractivity contribution < 1.29 is 9.59 Å². The van der Waals surface area contributed by atoms with Gasteiger partial charge in [-0.1, -0.05) is 82.8 Å². The maximum atomic E-state index is 11.8. The molecule has 8 nitrogen and oxygen atoms in total. The maximum absolute atomic E-state index is 11.8. The van der Waals surface area contributed by atoms with Crippen molar-refractivity contribution in [3.05, 3.63) is 91.1 Å². The summed E-state index contributed by atoms with van der Waals surface area (Å²) in [6, 6.07) is 15.6. The van der Waals surface area contributed by atoms with Crippen molar-refractivity contribution in [3.8, 4) is 33.6 Å². The van der Waals surface area contributed by atoms with Crippen molar-refractivity contribution in [2.45, 2.75) is 63.7 Å². The number of carbonyl (C=O) groups is 2. The van der Waals surface area contributed by atoms with Crippen molar-refractivity contribution >= 4 is 58.2 Å². The van der Waals surface area contributed by atoms with E-state index in [1.165, 1.54) is 0 Å². The monoisotopic (exact) mass is 748 g/mol. The summed E-state index contributed by atoms with van der Waals surface area (Å²) in [6.45, 7) is 8.61. The average molecular weight is 751 g/mol. The van der Waals surface area contributed by atoms with Crippen LogP contribution >= 0.6 is 46.4 Å². The molecule has 0 unspecified atom stereocenters. The first-order valence-corrected chi connectivity index (χ1v) is 18.4. The minimum Gasteiger partial charge on any atom is -0.348 e. The molecule has 12 heteroatoms. The van der Waals surface area contributed by atoms with Gasteiger partial charge in [-0.25, -0.2) is 4.98 Å². The smallest absolute Gasteiger partial charge is 0.220 e. The Morgan fingerprint density at radius 1 is 0.680 bits per heavy atom. The van der Waals surface area contributed by atoms with E-state index >= 15 is 0 Å². The highest BCUT2D eigenvalue weighted by atomic mass is 35.5. The maximum Gasteiger partial charge on any atom is 0.220 e. The lowest BCUT2D eigenvalue weighted by molar-refractivity contribution is -0.121. The first-order valence-electron chi connectivity index (χ1n) is 16.9. The summed E-state index contributed by atoms with van der Waals surface area (Å²) in [4.78, 5) is 37.8. The van der Waals surface area contributed by atoms with Crippen LogP contribution in [0.5, 0.6) is 0 Å². The first kappa shape index (κ1) is 33.9. The number of rotatable bonds is 7. The molecule has 2 N–H and O–H groups in total. The Bertz CT molecular complexity index is 1880. The van der Waals surface area contributed by atoms with Crippen molar-refractivity contribution in [2.75, 3.05) is 26.2 Å². The second kappa shape index (κ2) is 12.8. The van der Waals surface area contributed by atoms with Gasteiger partial charge in [0.05, 0.1) is 32.5 Å². The molecule has 50 heavy (non-hydrogen) atoms. The Labute approximate surface area is 311 Å². The molecule has 0 radical (unpaired) electrons. The van der Waals surface area contributed by atoms with Crippen LogP contribution in [0.15, 0.2) is 48.5 Å². The molecule has 0 aliphatic carbocycles. The third-order valence-corrected chi connectivity index (χ3v) is 12.2. The predicted octanol–water partition coefficient (Wildman–Crippen LogP) is 7.64. The van der Waals surface area contributed by atoms with Crippen LogP contribution < -0.4 is 10.6 Å². The Kier molecular flexibility index (Phi) is 8.65. The van der Waals surface area contributed by atoms with Crippen molar-refractivity contribution in [2.24, 2.45) is 0 Å². The number of hydrogen-bond acceptors (Lipinski definition) is 6. The summed E-state index contributed by atoms with van der Waals surface area (Å²) in [7, 11) is 0. The molecule has 4 aliphatic rings. The lowest BCUT2D eigenvalue weighted by Gasteiger charge is -2.48. The van der Waals surface area contributed by atoms with E-state index in [0.717, 1.165) is 83.7 Å². The molecular formula is C38H36Cl4N6O2. The number of hydrogen-bond donors (Lipinski definition) is 2. The molecule has 8 rings (SSSR count). The number of aromatic nitrogens is 2. The zero-order chi connectivity index (χ0) is 34.9. The van der Waals surface area contributed by atoms with Gasteiger partial charge < -0.3 is 10.6 Å². The van der Waals surface area contributed by atoms with E-state index < -0.39 is 0 Å².